The number of amides is 1. The number of aliphatic carboxylic acids is 1. The minimum Gasteiger partial charge on any atom is -0.480 e. The van der Waals surface area contributed by atoms with Crippen LogP contribution >= 0.6 is 0 Å². The van der Waals surface area contributed by atoms with E-state index in [0.29, 0.717) is 17.7 Å². The third-order valence-electron chi connectivity index (χ3n) is 4.19. The number of carboxylic acids is 1. The van der Waals surface area contributed by atoms with Crippen molar-refractivity contribution >= 4 is 27.6 Å². The molecule has 1 amide bonds. The van der Waals surface area contributed by atoms with E-state index in [9.17, 15) is 23.1 Å². The molecule has 0 bridgehead atoms. The molecule has 0 saturated carbocycles. The summed E-state index contributed by atoms with van der Waals surface area (Å²) in [6, 6.07) is 3.78. The molecule has 146 valence electrons. The molecule has 0 aliphatic rings. The molecule has 9 heteroatoms. The van der Waals surface area contributed by atoms with Crippen molar-refractivity contribution in [1.82, 2.24) is 9.62 Å². The van der Waals surface area contributed by atoms with E-state index in [2.05, 4.69) is 10.6 Å². The first-order valence-electron chi connectivity index (χ1n) is 8.29. The lowest BCUT2D eigenvalue weighted by Crippen LogP contribution is -2.45. The smallest absolute Gasteiger partial charge is 0.320 e. The molecule has 0 spiro atoms. The number of rotatable bonds is 9. The Labute approximate surface area is 154 Å². The number of carboxylic acid groups (broad SMARTS) is 1. The average Bonchev–Trinajstić information content (AvgIpc) is 2.55. The number of hydrogen-bond acceptors (Lipinski definition) is 5. The third-order valence-corrected chi connectivity index (χ3v) is 6.15. The number of anilines is 1. The molecule has 26 heavy (non-hydrogen) atoms. The van der Waals surface area contributed by atoms with Crippen LogP contribution in [0.5, 0.6) is 0 Å². The Kier molecular flexibility index (Phi) is 7.73. The SMILES string of the molecule is CC[C@H](C)[C@H](NCC(=O)Nc1ccc(C)c(S(=O)(=O)N(C)C)c1)C(=O)O. The van der Waals surface area contributed by atoms with Gasteiger partial charge in [-0.05, 0) is 30.5 Å². The van der Waals surface area contributed by atoms with Gasteiger partial charge in [0.2, 0.25) is 15.9 Å². The summed E-state index contributed by atoms with van der Waals surface area (Å²) in [4.78, 5) is 23.5. The van der Waals surface area contributed by atoms with Crippen LogP contribution in [0.1, 0.15) is 25.8 Å². The second-order valence-corrected chi connectivity index (χ2v) is 8.52. The fourth-order valence-electron chi connectivity index (χ4n) is 2.33. The van der Waals surface area contributed by atoms with Gasteiger partial charge in [-0.3, -0.25) is 14.9 Å². The molecule has 1 aromatic rings. The molecular formula is C17H27N3O5S. The van der Waals surface area contributed by atoms with Crippen LogP contribution in [-0.2, 0) is 19.6 Å². The van der Waals surface area contributed by atoms with Crippen LogP contribution in [0.2, 0.25) is 0 Å². The zero-order chi connectivity index (χ0) is 20.1. The summed E-state index contributed by atoms with van der Waals surface area (Å²) in [7, 11) is -0.758. The van der Waals surface area contributed by atoms with Crippen LogP contribution < -0.4 is 10.6 Å². The van der Waals surface area contributed by atoms with Crippen molar-refractivity contribution in [3.63, 3.8) is 0 Å². The average molecular weight is 385 g/mol. The van der Waals surface area contributed by atoms with Crippen molar-refractivity contribution in [1.29, 1.82) is 0 Å². The molecule has 0 aliphatic heterocycles. The molecule has 0 unspecified atom stereocenters. The number of nitrogens with zero attached hydrogens (tertiary/aromatic N) is 1. The normalized spacial score (nSPS) is 14.1. The van der Waals surface area contributed by atoms with Crippen molar-refractivity contribution in [2.45, 2.75) is 38.1 Å². The maximum atomic E-state index is 12.3. The van der Waals surface area contributed by atoms with Crippen molar-refractivity contribution in [3.8, 4) is 0 Å². The summed E-state index contributed by atoms with van der Waals surface area (Å²) in [5.74, 6) is -1.59. The number of hydrogen-bond donors (Lipinski definition) is 3. The van der Waals surface area contributed by atoms with E-state index in [1.54, 1.807) is 26.0 Å². The van der Waals surface area contributed by atoms with Crippen LogP contribution in [-0.4, -0.2) is 56.4 Å². The Hall–Kier alpha value is -1.97. The van der Waals surface area contributed by atoms with Gasteiger partial charge in [-0.2, -0.15) is 0 Å². The van der Waals surface area contributed by atoms with E-state index in [1.807, 2.05) is 6.92 Å². The predicted molar refractivity (Wildman–Crippen MR) is 99.6 cm³/mol. The van der Waals surface area contributed by atoms with Gasteiger partial charge in [-0.25, -0.2) is 12.7 Å². The molecule has 8 nitrogen and oxygen atoms in total. The number of carbonyl (C=O) groups excluding carboxylic acids is 1. The fraction of sp³-hybridized carbons (Fsp3) is 0.529. The lowest BCUT2D eigenvalue weighted by atomic mass is 9.99. The van der Waals surface area contributed by atoms with Crippen molar-refractivity contribution < 1.29 is 23.1 Å². The summed E-state index contributed by atoms with van der Waals surface area (Å²) in [5.41, 5.74) is 0.899. The lowest BCUT2D eigenvalue weighted by molar-refractivity contribution is -0.140. The zero-order valence-corrected chi connectivity index (χ0v) is 16.6. The van der Waals surface area contributed by atoms with Gasteiger partial charge in [0.05, 0.1) is 11.4 Å². The minimum atomic E-state index is -3.63. The van der Waals surface area contributed by atoms with Crippen LogP contribution in [0.25, 0.3) is 0 Å². The van der Waals surface area contributed by atoms with Crippen LogP contribution in [0.4, 0.5) is 5.69 Å². The molecule has 1 rings (SSSR count). The van der Waals surface area contributed by atoms with Gasteiger partial charge >= 0.3 is 5.97 Å². The standard InChI is InChI=1S/C17H27N3O5S/c1-6-11(2)16(17(22)23)18-10-15(21)19-13-8-7-12(3)14(9-13)26(24,25)20(4)5/h7-9,11,16,18H,6,10H2,1-5H3,(H,19,21)(H,22,23)/t11-,16-/m0/s1. The van der Waals surface area contributed by atoms with E-state index in [-0.39, 0.29) is 17.4 Å². The van der Waals surface area contributed by atoms with Gasteiger partial charge in [0.1, 0.15) is 6.04 Å². The Bertz CT molecular complexity index is 762. The summed E-state index contributed by atoms with van der Waals surface area (Å²) in [6.07, 6.45) is 0.662. The molecule has 2 atom stereocenters. The Morgan fingerprint density at radius 3 is 2.38 bits per heavy atom. The third kappa shape index (κ3) is 5.52. The maximum Gasteiger partial charge on any atom is 0.320 e. The van der Waals surface area contributed by atoms with Gasteiger partial charge in [-0.15, -0.1) is 0 Å². The summed E-state index contributed by atoms with van der Waals surface area (Å²) < 4.78 is 25.8. The molecule has 1 aromatic carbocycles. The monoisotopic (exact) mass is 385 g/mol. The van der Waals surface area contributed by atoms with Crippen molar-refractivity contribution in [2.24, 2.45) is 5.92 Å². The summed E-state index contributed by atoms with van der Waals surface area (Å²) >= 11 is 0. The highest BCUT2D eigenvalue weighted by atomic mass is 32.2. The topological polar surface area (TPSA) is 116 Å². The molecule has 0 saturated heterocycles. The number of benzene rings is 1. The molecule has 0 aliphatic carbocycles. The first kappa shape index (κ1) is 22.1. The maximum absolute atomic E-state index is 12.3. The van der Waals surface area contributed by atoms with Crippen molar-refractivity contribution in [3.05, 3.63) is 23.8 Å². The summed E-state index contributed by atoms with van der Waals surface area (Å²) in [6.45, 7) is 5.15. The highest BCUT2D eigenvalue weighted by Gasteiger charge is 2.24. The predicted octanol–water partition coefficient (Wildman–Crippen LogP) is 1.27. The molecule has 0 heterocycles. The van der Waals surface area contributed by atoms with Gasteiger partial charge in [0.15, 0.2) is 0 Å². The number of carbonyl (C=O) groups is 2. The molecule has 0 aromatic heterocycles. The molecule has 0 radical (unpaired) electrons. The number of nitrogens with one attached hydrogen (secondary N) is 2. The van der Waals surface area contributed by atoms with Crippen LogP contribution in [0, 0.1) is 12.8 Å². The Balaban J connectivity index is 2.87. The van der Waals surface area contributed by atoms with Gasteiger partial charge < -0.3 is 10.4 Å². The fourth-order valence-corrected chi connectivity index (χ4v) is 3.47. The van der Waals surface area contributed by atoms with Crippen molar-refractivity contribution in [2.75, 3.05) is 26.0 Å². The first-order valence-corrected chi connectivity index (χ1v) is 9.73. The first-order chi connectivity index (χ1) is 12.0. The number of aryl methyl sites for hydroxylation is 1. The van der Waals surface area contributed by atoms with Crippen LogP contribution in [0.15, 0.2) is 23.1 Å². The summed E-state index contributed by atoms with van der Waals surface area (Å²) in [5, 5.41) is 14.5. The van der Waals surface area contributed by atoms with Gasteiger partial charge in [0.25, 0.3) is 0 Å². The molecular weight excluding hydrogens is 358 g/mol. The lowest BCUT2D eigenvalue weighted by Gasteiger charge is -2.20. The molecule has 0 fully saturated rings. The van der Waals surface area contributed by atoms with E-state index in [0.717, 1.165) is 4.31 Å². The highest BCUT2D eigenvalue weighted by molar-refractivity contribution is 7.89. The van der Waals surface area contributed by atoms with Gasteiger partial charge in [0, 0.05) is 19.8 Å². The van der Waals surface area contributed by atoms with E-state index in [4.69, 9.17) is 0 Å². The van der Waals surface area contributed by atoms with E-state index < -0.39 is 27.9 Å². The largest absolute Gasteiger partial charge is 0.480 e. The van der Waals surface area contributed by atoms with E-state index in [1.165, 1.54) is 20.2 Å². The number of sulfonamides is 1. The second kappa shape index (κ2) is 9.11. The second-order valence-electron chi connectivity index (χ2n) is 6.40. The van der Waals surface area contributed by atoms with Crippen LogP contribution in [0.3, 0.4) is 0 Å². The van der Waals surface area contributed by atoms with Gasteiger partial charge in [-0.1, -0.05) is 26.3 Å². The Morgan fingerprint density at radius 1 is 1.27 bits per heavy atom. The Morgan fingerprint density at radius 2 is 1.88 bits per heavy atom. The highest BCUT2D eigenvalue weighted by Crippen LogP contribution is 2.22. The quantitative estimate of drug-likeness (QED) is 0.590. The zero-order valence-electron chi connectivity index (χ0n) is 15.7. The van der Waals surface area contributed by atoms with E-state index >= 15 is 0 Å². The minimum absolute atomic E-state index is 0.108. The molecule has 3 N–H and O–H groups in total.